The summed E-state index contributed by atoms with van der Waals surface area (Å²) in [5, 5.41) is 19.7. The van der Waals surface area contributed by atoms with E-state index in [0.717, 1.165) is 63.9 Å². The highest BCUT2D eigenvalue weighted by Gasteiger charge is 2.21. The number of nitrogens with one attached hydrogen (secondary N) is 1. The Balaban J connectivity index is 1.78. The topological polar surface area (TPSA) is 91.8 Å². The average Bonchev–Trinajstić information content (AvgIpc) is 3.20. The number of aromatic amines is 1. The molecule has 6 heteroatoms. The molecule has 134 valence electrons. The van der Waals surface area contributed by atoms with Gasteiger partial charge >= 0.3 is 6.16 Å². The van der Waals surface area contributed by atoms with Crippen molar-refractivity contribution in [2.45, 2.75) is 33.1 Å². The van der Waals surface area contributed by atoms with E-state index in [-0.39, 0.29) is 5.88 Å². The number of fused-ring (bicyclic) bond motifs is 2. The zero-order chi connectivity index (χ0) is 18.4. The number of aromatic nitrogens is 1. The van der Waals surface area contributed by atoms with Crippen molar-refractivity contribution >= 4 is 17.1 Å². The van der Waals surface area contributed by atoms with E-state index >= 15 is 0 Å². The van der Waals surface area contributed by atoms with Gasteiger partial charge in [-0.1, -0.05) is 0 Å². The number of phenols is 1. The summed E-state index contributed by atoms with van der Waals surface area (Å²) in [7, 11) is 0. The second-order valence-electron chi connectivity index (χ2n) is 6.61. The number of carbonyl (C=O) groups is 1. The van der Waals surface area contributed by atoms with Crippen LogP contribution in [0.15, 0.2) is 24.3 Å². The van der Waals surface area contributed by atoms with Gasteiger partial charge in [0, 0.05) is 33.7 Å². The van der Waals surface area contributed by atoms with Crippen LogP contribution in [0, 0.1) is 13.8 Å². The van der Waals surface area contributed by atoms with Gasteiger partial charge in [-0.15, -0.1) is 0 Å². The van der Waals surface area contributed by atoms with Crippen molar-refractivity contribution in [3.05, 3.63) is 46.5 Å². The van der Waals surface area contributed by atoms with Gasteiger partial charge in [-0.2, -0.15) is 0 Å². The summed E-state index contributed by atoms with van der Waals surface area (Å²) in [5.74, 6) is 2.00. The molecule has 2 aromatic carbocycles. The molecule has 0 bridgehead atoms. The predicted molar refractivity (Wildman–Crippen MR) is 96.6 cm³/mol. The Morgan fingerprint density at radius 2 is 1.92 bits per heavy atom. The Morgan fingerprint density at radius 3 is 2.69 bits per heavy atom. The first kappa shape index (κ1) is 16.3. The van der Waals surface area contributed by atoms with Crippen LogP contribution in [-0.2, 0) is 12.8 Å². The highest BCUT2D eigenvalue weighted by Crippen LogP contribution is 2.41. The largest absolute Gasteiger partial charge is 0.512 e. The van der Waals surface area contributed by atoms with E-state index in [2.05, 4.69) is 4.98 Å². The maximum Gasteiger partial charge on any atom is 0.512 e. The quantitative estimate of drug-likeness (QED) is 0.587. The third kappa shape index (κ3) is 2.63. The standard InChI is InChI=1S/C20H19NO5/c1-10-8-15-14(9-18(21-15)26-20(23)24)11(2)19(10)25-17-7-6-16(22)12-4-3-5-13(12)17/h6-9,21-22H,3-5H2,1-2H3,(H,23,24). The zero-order valence-corrected chi connectivity index (χ0v) is 14.5. The Labute approximate surface area is 150 Å². The number of hydrogen-bond acceptors (Lipinski definition) is 4. The minimum absolute atomic E-state index is 0.178. The lowest BCUT2D eigenvalue weighted by Crippen LogP contribution is -2.02. The van der Waals surface area contributed by atoms with Gasteiger partial charge in [0.2, 0.25) is 5.88 Å². The minimum atomic E-state index is -1.36. The van der Waals surface area contributed by atoms with Gasteiger partial charge < -0.3 is 24.7 Å². The third-order valence-electron chi connectivity index (χ3n) is 4.91. The molecule has 1 aromatic heterocycles. The van der Waals surface area contributed by atoms with Crippen LogP contribution in [0.1, 0.15) is 28.7 Å². The number of phenolic OH excluding ortho intramolecular Hbond substituents is 1. The van der Waals surface area contributed by atoms with E-state index in [4.69, 9.17) is 14.6 Å². The molecular formula is C20H19NO5. The lowest BCUT2D eigenvalue weighted by molar-refractivity contribution is 0.143. The van der Waals surface area contributed by atoms with Crippen molar-refractivity contribution in [1.82, 2.24) is 4.98 Å². The number of aryl methyl sites for hydroxylation is 2. The van der Waals surface area contributed by atoms with Crippen molar-refractivity contribution in [2.75, 3.05) is 0 Å². The summed E-state index contributed by atoms with van der Waals surface area (Å²) >= 11 is 0. The summed E-state index contributed by atoms with van der Waals surface area (Å²) in [6, 6.07) is 7.05. The zero-order valence-electron chi connectivity index (χ0n) is 14.5. The summed E-state index contributed by atoms with van der Waals surface area (Å²) in [6.07, 6.45) is 1.40. The molecule has 0 fully saturated rings. The minimum Gasteiger partial charge on any atom is -0.508 e. The van der Waals surface area contributed by atoms with Crippen LogP contribution >= 0.6 is 0 Å². The Bertz CT molecular complexity index is 1030. The molecule has 0 radical (unpaired) electrons. The lowest BCUT2D eigenvalue weighted by atomic mass is 10.1. The molecule has 1 heterocycles. The van der Waals surface area contributed by atoms with Crippen molar-refractivity contribution in [2.24, 2.45) is 0 Å². The van der Waals surface area contributed by atoms with E-state index in [1.165, 1.54) is 0 Å². The second kappa shape index (κ2) is 5.98. The summed E-state index contributed by atoms with van der Waals surface area (Å²) in [5.41, 5.74) is 4.65. The predicted octanol–water partition coefficient (Wildman–Crippen LogP) is 4.83. The van der Waals surface area contributed by atoms with Crippen LogP contribution < -0.4 is 9.47 Å². The molecule has 1 aliphatic carbocycles. The molecule has 0 saturated carbocycles. The molecule has 1 aliphatic rings. The van der Waals surface area contributed by atoms with Gasteiger partial charge in [0.1, 0.15) is 17.2 Å². The molecule has 0 amide bonds. The highest BCUT2D eigenvalue weighted by molar-refractivity contribution is 5.88. The number of benzene rings is 2. The van der Waals surface area contributed by atoms with Crippen LogP contribution in [0.25, 0.3) is 10.9 Å². The lowest BCUT2D eigenvalue weighted by Gasteiger charge is -2.16. The van der Waals surface area contributed by atoms with Crippen LogP contribution in [0.5, 0.6) is 23.1 Å². The first-order valence-electron chi connectivity index (χ1n) is 8.49. The Morgan fingerprint density at radius 1 is 1.15 bits per heavy atom. The molecule has 26 heavy (non-hydrogen) atoms. The van der Waals surface area contributed by atoms with Crippen molar-refractivity contribution < 1.29 is 24.5 Å². The van der Waals surface area contributed by atoms with E-state index in [1.54, 1.807) is 18.2 Å². The third-order valence-corrected chi connectivity index (χ3v) is 4.91. The molecular weight excluding hydrogens is 334 g/mol. The van der Waals surface area contributed by atoms with Crippen LogP contribution in [0.2, 0.25) is 0 Å². The van der Waals surface area contributed by atoms with Crippen LogP contribution in [0.3, 0.4) is 0 Å². The smallest absolute Gasteiger partial charge is 0.508 e. The second-order valence-corrected chi connectivity index (χ2v) is 6.61. The molecule has 0 atom stereocenters. The molecule has 3 N–H and O–H groups in total. The maximum atomic E-state index is 10.8. The number of ether oxygens (including phenoxy) is 2. The first-order chi connectivity index (χ1) is 12.4. The number of H-pyrrole nitrogens is 1. The van der Waals surface area contributed by atoms with E-state index in [1.807, 2.05) is 19.9 Å². The van der Waals surface area contributed by atoms with Gasteiger partial charge in [-0.3, -0.25) is 0 Å². The normalized spacial score (nSPS) is 13.0. The van der Waals surface area contributed by atoms with Crippen LogP contribution in [-0.4, -0.2) is 21.4 Å². The van der Waals surface area contributed by atoms with Crippen LogP contribution in [0.4, 0.5) is 4.79 Å². The fourth-order valence-electron chi connectivity index (χ4n) is 3.73. The van der Waals surface area contributed by atoms with Gasteiger partial charge in [0.05, 0.1) is 0 Å². The van der Waals surface area contributed by atoms with E-state index in [0.29, 0.717) is 5.75 Å². The van der Waals surface area contributed by atoms with Gasteiger partial charge in [-0.05, 0) is 56.9 Å². The van der Waals surface area contributed by atoms with E-state index < -0.39 is 6.16 Å². The van der Waals surface area contributed by atoms with E-state index in [9.17, 15) is 9.90 Å². The molecule has 0 spiro atoms. The average molecular weight is 353 g/mol. The summed E-state index contributed by atoms with van der Waals surface area (Å²) in [4.78, 5) is 13.7. The molecule has 3 aromatic rings. The fourth-order valence-corrected chi connectivity index (χ4v) is 3.73. The van der Waals surface area contributed by atoms with Crippen molar-refractivity contribution in [3.63, 3.8) is 0 Å². The molecule has 6 nitrogen and oxygen atoms in total. The Hall–Kier alpha value is -3.15. The first-order valence-corrected chi connectivity index (χ1v) is 8.49. The molecule has 0 aliphatic heterocycles. The monoisotopic (exact) mass is 353 g/mol. The number of aromatic hydroxyl groups is 1. The SMILES string of the molecule is Cc1cc2[nH]c(OC(=O)O)cc2c(C)c1Oc1ccc(O)c2c1CCC2. The summed E-state index contributed by atoms with van der Waals surface area (Å²) in [6.45, 7) is 3.88. The van der Waals surface area contributed by atoms with Gasteiger partial charge in [0.25, 0.3) is 0 Å². The number of hydrogen-bond donors (Lipinski definition) is 3. The highest BCUT2D eigenvalue weighted by atomic mass is 16.7. The summed E-state index contributed by atoms with van der Waals surface area (Å²) < 4.78 is 11.0. The fraction of sp³-hybridized carbons (Fsp3) is 0.250. The number of rotatable bonds is 3. The number of carboxylic acid groups (broad SMARTS) is 1. The Kier molecular flexibility index (Phi) is 3.76. The maximum absolute atomic E-state index is 10.8. The molecule has 0 saturated heterocycles. The molecule has 0 unspecified atom stereocenters. The molecule has 4 rings (SSSR count). The van der Waals surface area contributed by atoms with Gasteiger partial charge in [-0.25, -0.2) is 4.79 Å². The van der Waals surface area contributed by atoms with Gasteiger partial charge in [0.15, 0.2) is 0 Å². The van der Waals surface area contributed by atoms with Crippen molar-refractivity contribution in [1.29, 1.82) is 0 Å². The van der Waals surface area contributed by atoms with Crippen molar-refractivity contribution in [3.8, 4) is 23.1 Å².